The summed E-state index contributed by atoms with van der Waals surface area (Å²) in [6, 6.07) is 24.2. The molecule has 448 valence electrons. The molecule has 14 rings (SSSR count). The molecule has 4 aromatic rings. The van der Waals surface area contributed by atoms with Gasteiger partial charge in [-0.15, -0.1) is 0 Å². The Bertz CT molecular complexity index is 3260. The highest BCUT2D eigenvalue weighted by atomic mass is 16.5. The van der Waals surface area contributed by atoms with E-state index in [0.717, 1.165) is 98.7 Å². The lowest BCUT2D eigenvalue weighted by Crippen LogP contribution is -2.57. The van der Waals surface area contributed by atoms with Gasteiger partial charge in [0.1, 0.15) is 11.5 Å². The number of anilines is 2. The average molecular weight is 1140 g/mol. The number of nitrogens with zero attached hydrogens (tertiary/aromatic N) is 6. The molecular weight excluding hydrogens is 1050 g/mol. The molecule has 2 saturated heterocycles. The first-order chi connectivity index (χ1) is 40.1. The van der Waals surface area contributed by atoms with Crippen LogP contribution in [0.2, 0.25) is 0 Å². The number of ether oxygens (including phenoxy) is 2. The van der Waals surface area contributed by atoms with Crippen molar-refractivity contribution in [2.75, 3.05) is 77.2 Å². The summed E-state index contributed by atoms with van der Waals surface area (Å²) in [5.41, 5.74) is 8.70. The van der Waals surface area contributed by atoms with Crippen molar-refractivity contribution in [2.45, 2.75) is 132 Å². The number of amides is 4. The monoisotopic (exact) mass is 1140 g/mol. The van der Waals surface area contributed by atoms with Crippen LogP contribution in [0.3, 0.4) is 0 Å². The molecule has 0 spiro atoms. The van der Waals surface area contributed by atoms with Gasteiger partial charge in [-0.25, -0.2) is 9.98 Å². The fraction of sp³-hybridized carbons (Fsp3) is 0.559. The molecule has 84 heavy (non-hydrogen) atoms. The third kappa shape index (κ3) is 11.3. The zero-order valence-electron chi connectivity index (χ0n) is 51.7. The fourth-order valence-electron chi connectivity index (χ4n) is 15.6. The maximum atomic E-state index is 13.5. The van der Waals surface area contributed by atoms with E-state index in [2.05, 4.69) is 119 Å². The smallest absolute Gasteiger partial charge is 0.261 e. The third-order valence-electron chi connectivity index (χ3n) is 21.2. The number of piperazine rings is 2. The minimum absolute atomic E-state index is 0.205. The van der Waals surface area contributed by atoms with Crippen molar-refractivity contribution in [3.63, 3.8) is 0 Å². The van der Waals surface area contributed by atoms with Crippen molar-refractivity contribution in [3.05, 3.63) is 117 Å². The van der Waals surface area contributed by atoms with Gasteiger partial charge in [-0.3, -0.25) is 29.0 Å². The summed E-state index contributed by atoms with van der Waals surface area (Å²) in [5.74, 6) is 6.11. The maximum absolute atomic E-state index is 13.5. The number of nitrogens with one attached hydrogen (secondary N) is 4. The average Bonchev–Trinajstić information content (AvgIpc) is 1.78. The van der Waals surface area contributed by atoms with Crippen molar-refractivity contribution in [1.29, 1.82) is 0 Å². The van der Waals surface area contributed by atoms with Crippen LogP contribution < -0.4 is 30.7 Å². The first-order valence-corrected chi connectivity index (χ1v) is 31.1. The van der Waals surface area contributed by atoms with E-state index in [0.29, 0.717) is 93.8 Å². The molecule has 4 amide bonds. The van der Waals surface area contributed by atoms with Crippen molar-refractivity contribution in [1.82, 2.24) is 30.2 Å². The zero-order valence-corrected chi connectivity index (χ0v) is 51.7. The predicted octanol–water partition coefficient (Wildman–Crippen LogP) is 9.95. The van der Waals surface area contributed by atoms with Crippen LogP contribution in [0.15, 0.2) is 82.8 Å². The van der Waals surface area contributed by atoms with Crippen LogP contribution in [-0.4, -0.2) is 146 Å². The summed E-state index contributed by atoms with van der Waals surface area (Å²) in [7, 11) is 3.21. The first kappa shape index (κ1) is 59.0. The topological polar surface area (TPSA) is 173 Å². The van der Waals surface area contributed by atoms with E-state index in [4.69, 9.17) is 19.5 Å². The molecule has 6 aliphatic carbocycles. The molecule has 4 heterocycles. The molecule has 4 N–H and O–H groups in total. The molecule has 0 radical (unpaired) electrons. The summed E-state index contributed by atoms with van der Waals surface area (Å²) in [6.45, 7) is 28.9. The second kappa shape index (κ2) is 23.6. The highest BCUT2D eigenvalue weighted by Gasteiger charge is 2.57. The Labute approximate surface area is 498 Å². The van der Waals surface area contributed by atoms with E-state index in [1.165, 1.54) is 39.3 Å². The van der Waals surface area contributed by atoms with E-state index in [9.17, 15) is 19.2 Å². The lowest BCUT2D eigenvalue weighted by molar-refractivity contribution is -0.108. The highest BCUT2D eigenvalue weighted by Crippen LogP contribution is 2.63. The molecule has 0 unspecified atom stereocenters. The van der Waals surface area contributed by atoms with Gasteiger partial charge in [-0.05, 0) is 172 Å². The second-order valence-corrected chi connectivity index (χ2v) is 27.0. The molecule has 16 heteroatoms. The van der Waals surface area contributed by atoms with E-state index in [-0.39, 0.29) is 42.3 Å². The molecule has 6 saturated carbocycles. The number of imide groups is 2. The van der Waals surface area contributed by atoms with Gasteiger partial charge in [0.05, 0.1) is 48.6 Å². The Morgan fingerprint density at radius 1 is 0.571 bits per heavy atom. The van der Waals surface area contributed by atoms with Crippen LogP contribution in [0.5, 0.6) is 11.5 Å². The lowest BCUT2D eigenvalue weighted by Gasteiger charge is -2.61. The van der Waals surface area contributed by atoms with Gasteiger partial charge < -0.3 is 40.5 Å². The first-order valence-electron chi connectivity index (χ1n) is 31.1. The molecule has 16 nitrogen and oxygen atoms in total. The van der Waals surface area contributed by atoms with Crippen LogP contribution in [0.1, 0.15) is 145 Å². The van der Waals surface area contributed by atoms with Crippen LogP contribution in [-0.2, 0) is 12.8 Å². The number of hydrogen-bond donors (Lipinski definition) is 4. The molecular formula is C68H90N10O6. The number of benzene rings is 4. The second-order valence-electron chi connectivity index (χ2n) is 27.0. The number of fused-ring (bicyclic) bond motifs is 6. The SMILES string of the molecule is COc1ccc(CCN2C(=O)c3ccc(NC(=N[C@H]4C[C@H]5C[C@@H]([C@@H]4C)C5(C)C)N4CCN[C@@H](C)C4)cc3C2=O)c(OC)c1.Cc1ccc(CCN2C(=O)c3ccc(NC(=N[C@H]4C[C@H]5C[C@@H]([C@@H]4C)C5(C)C)N4CCN[C@@H](C)C4)cc3C2=O)c(C)c1. The van der Waals surface area contributed by atoms with Gasteiger partial charge in [0.25, 0.3) is 23.6 Å². The van der Waals surface area contributed by atoms with E-state index >= 15 is 0 Å². The Morgan fingerprint density at radius 3 is 1.46 bits per heavy atom. The molecule has 4 aromatic carbocycles. The maximum Gasteiger partial charge on any atom is 0.261 e. The predicted molar refractivity (Wildman–Crippen MR) is 333 cm³/mol. The third-order valence-corrected chi connectivity index (χ3v) is 21.2. The van der Waals surface area contributed by atoms with Crippen molar-refractivity contribution in [3.8, 4) is 11.5 Å². The molecule has 10 aliphatic rings. The van der Waals surface area contributed by atoms with Crippen molar-refractivity contribution >= 4 is 46.9 Å². The summed E-state index contributed by atoms with van der Waals surface area (Å²) < 4.78 is 10.8. The molecule has 0 aromatic heterocycles. The number of aryl methyl sites for hydroxylation is 2. The number of carbonyl (C=O) groups is 4. The summed E-state index contributed by atoms with van der Waals surface area (Å²) in [6.07, 6.45) is 6.02. The lowest BCUT2D eigenvalue weighted by atomic mass is 9.45. The van der Waals surface area contributed by atoms with Gasteiger partial charge in [0.15, 0.2) is 11.9 Å². The van der Waals surface area contributed by atoms with Gasteiger partial charge >= 0.3 is 0 Å². The summed E-state index contributed by atoms with van der Waals surface area (Å²) >= 11 is 0. The quantitative estimate of drug-likeness (QED) is 0.0602. The van der Waals surface area contributed by atoms with Crippen molar-refractivity contribution in [2.24, 2.45) is 56.3 Å². The van der Waals surface area contributed by atoms with E-state index < -0.39 is 0 Å². The summed E-state index contributed by atoms with van der Waals surface area (Å²) in [5, 5.41) is 14.3. The normalized spacial score (nSPS) is 28.4. The van der Waals surface area contributed by atoms with Gasteiger partial charge in [0.2, 0.25) is 0 Å². The Hall–Kier alpha value is -6.78. The van der Waals surface area contributed by atoms with Crippen molar-refractivity contribution < 1.29 is 28.7 Å². The standard InChI is InChI=1S/C34H45N5O4.C34H45N5O2/c1-20-19-38(14-12-35-20)33(37-29-16-23-15-28(21(29)2)34(23,3)4)36-24-8-10-26-27(17-24)32(41)39(31(26)40)13-11-22-7-9-25(42-5)18-30(22)43-6;1-20-7-8-24(21(2)15-20)11-13-39-31(40)27-10-9-26(18-28(27)32(39)41)36-33(38-14-12-35-22(3)19-38)37-30-17-25-16-29(23(30)4)34(25,5)6/h7-10,17-18,20-21,23,28-29,35H,11-16,19H2,1-6H3,(H,36,37);7-10,15,18,22-23,25,29-30,35H,11-14,16-17,19H2,1-6H3,(H,36,37)/t20-,21-,23+,28-,29-;22-,23-,25+,29-,30-/m00/s1. The number of methoxy groups -OCH3 is 2. The Morgan fingerprint density at radius 2 is 1.04 bits per heavy atom. The molecule has 4 bridgehead atoms. The highest BCUT2D eigenvalue weighted by molar-refractivity contribution is 6.22. The van der Waals surface area contributed by atoms with Crippen LogP contribution in [0, 0.1) is 60.2 Å². The Balaban J connectivity index is 0.000000176. The van der Waals surface area contributed by atoms with Gasteiger partial charge in [-0.2, -0.15) is 0 Å². The minimum atomic E-state index is -0.270. The number of rotatable bonds is 12. The summed E-state index contributed by atoms with van der Waals surface area (Å²) in [4.78, 5) is 71.6. The van der Waals surface area contributed by atoms with Gasteiger partial charge in [0, 0.05) is 81.9 Å². The molecule has 4 aliphatic heterocycles. The largest absolute Gasteiger partial charge is 0.497 e. The van der Waals surface area contributed by atoms with E-state index in [1.807, 2.05) is 42.5 Å². The van der Waals surface area contributed by atoms with Crippen LogP contribution in [0.4, 0.5) is 11.4 Å². The minimum Gasteiger partial charge on any atom is -0.497 e. The number of hydrogen-bond acceptors (Lipinski definition) is 10. The van der Waals surface area contributed by atoms with Crippen LogP contribution in [0.25, 0.3) is 0 Å². The number of guanidine groups is 2. The zero-order chi connectivity index (χ0) is 59.5. The number of carbonyl (C=O) groups excluding carboxylic acids is 4. The molecule has 8 fully saturated rings. The van der Waals surface area contributed by atoms with E-state index in [1.54, 1.807) is 26.4 Å². The van der Waals surface area contributed by atoms with Gasteiger partial charge in [-0.1, -0.05) is 71.4 Å². The Kier molecular flexibility index (Phi) is 16.6. The fourth-order valence-corrected chi connectivity index (χ4v) is 15.6. The van der Waals surface area contributed by atoms with Crippen LogP contribution >= 0.6 is 0 Å². The number of aliphatic imine (C=N–C) groups is 2. The molecule has 10 atom stereocenters.